The number of ether oxygens (including phenoxy) is 2. The lowest BCUT2D eigenvalue weighted by molar-refractivity contribution is 0.0948. The predicted molar refractivity (Wildman–Crippen MR) is 94.3 cm³/mol. The molecule has 1 aromatic heterocycles. The van der Waals surface area contributed by atoms with Crippen LogP contribution in [0.15, 0.2) is 36.4 Å². The highest BCUT2D eigenvalue weighted by atomic mass is 32.1. The molecule has 0 aliphatic carbocycles. The average Bonchev–Trinajstić information content (AvgIpc) is 2.97. The molecular formula is C17H16FN3O3S. The Balaban J connectivity index is 1.62. The molecule has 3 rings (SSSR count). The van der Waals surface area contributed by atoms with E-state index in [0.717, 1.165) is 0 Å². The second-order valence-electron chi connectivity index (χ2n) is 5.24. The van der Waals surface area contributed by atoms with Crippen LogP contribution < -0.4 is 14.8 Å². The van der Waals surface area contributed by atoms with Crippen molar-refractivity contribution in [3.05, 3.63) is 52.5 Å². The number of rotatable bonds is 6. The standard InChI is InChI=1S/C17H16FN3O3S/c1-23-11-3-2-4-12(9-11)24-6-5-19-16(22)13-7-10(18)8-14-15(13)21-17(25)20-14/h2-4,7-9H,5-6H2,1H3,(H,19,22)(H2,20,21,25). The van der Waals surface area contributed by atoms with Crippen molar-refractivity contribution in [3.8, 4) is 11.5 Å². The van der Waals surface area contributed by atoms with Crippen molar-refractivity contribution < 1.29 is 18.7 Å². The summed E-state index contributed by atoms with van der Waals surface area (Å²) >= 11 is 4.99. The molecule has 6 nitrogen and oxygen atoms in total. The zero-order valence-corrected chi connectivity index (χ0v) is 14.2. The van der Waals surface area contributed by atoms with Gasteiger partial charge in [0.1, 0.15) is 23.9 Å². The lowest BCUT2D eigenvalue weighted by Gasteiger charge is -2.09. The van der Waals surface area contributed by atoms with Crippen molar-refractivity contribution in [2.45, 2.75) is 0 Å². The van der Waals surface area contributed by atoms with E-state index in [0.29, 0.717) is 27.3 Å². The van der Waals surface area contributed by atoms with Crippen LogP contribution >= 0.6 is 12.2 Å². The van der Waals surface area contributed by atoms with Crippen molar-refractivity contribution in [2.75, 3.05) is 20.3 Å². The van der Waals surface area contributed by atoms with Crippen molar-refractivity contribution >= 4 is 29.2 Å². The number of carbonyl (C=O) groups is 1. The Morgan fingerprint density at radius 1 is 1.24 bits per heavy atom. The summed E-state index contributed by atoms with van der Waals surface area (Å²) in [7, 11) is 1.57. The fourth-order valence-electron chi connectivity index (χ4n) is 2.41. The normalized spacial score (nSPS) is 10.6. The maximum absolute atomic E-state index is 13.7. The number of amides is 1. The Labute approximate surface area is 148 Å². The number of halogens is 1. The van der Waals surface area contributed by atoms with Crippen LogP contribution in [0.4, 0.5) is 4.39 Å². The van der Waals surface area contributed by atoms with Crippen molar-refractivity contribution in [3.63, 3.8) is 0 Å². The van der Waals surface area contributed by atoms with Gasteiger partial charge in [-0.1, -0.05) is 6.07 Å². The summed E-state index contributed by atoms with van der Waals surface area (Å²) in [5.74, 6) is 0.391. The molecular weight excluding hydrogens is 345 g/mol. The van der Waals surface area contributed by atoms with Crippen LogP contribution in [0.3, 0.4) is 0 Å². The minimum Gasteiger partial charge on any atom is -0.497 e. The maximum atomic E-state index is 13.7. The van der Waals surface area contributed by atoms with Crippen LogP contribution in [0.1, 0.15) is 10.4 Å². The van der Waals surface area contributed by atoms with E-state index in [-0.39, 0.29) is 18.7 Å². The van der Waals surface area contributed by atoms with Gasteiger partial charge in [0.15, 0.2) is 4.77 Å². The highest BCUT2D eigenvalue weighted by Crippen LogP contribution is 2.19. The van der Waals surface area contributed by atoms with E-state index in [1.807, 2.05) is 12.1 Å². The largest absolute Gasteiger partial charge is 0.497 e. The number of aromatic nitrogens is 2. The van der Waals surface area contributed by atoms with Crippen LogP contribution in [0, 0.1) is 10.6 Å². The van der Waals surface area contributed by atoms with E-state index >= 15 is 0 Å². The average molecular weight is 361 g/mol. The van der Waals surface area contributed by atoms with Gasteiger partial charge < -0.3 is 24.8 Å². The summed E-state index contributed by atoms with van der Waals surface area (Å²) in [5, 5.41) is 2.70. The van der Waals surface area contributed by atoms with Gasteiger partial charge in [0.2, 0.25) is 0 Å². The highest BCUT2D eigenvalue weighted by molar-refractivity contribution is 7.71. The van der Waals surface area contributed by atoms with Crippen molar-refractivity contribution in [1.29, 1.82) is 0 Å². The molecule has 0 saturated carbocycles. The molecule has 8 heteroatoms. The Morgan fingerprint density at radius 2 is 2.04 bits per heavy atom. The first kappa shape index (κ1) is 17.0. The van der Waals surface area contributed by atoms with Gasteiger partial charge in [-0.3, -0.25) is 4.79 Å². The molecule has 0 atom stereocenters. The molecule has 25 heavy (non-hydrogen) atoms. The summed E-state index contributed by atoms with van der Waals surface area (Å²) in [5.41, 5.74) is 1.10. The van der Waals surface area contributed by atoms with Crippen molar-refractivity contribution in [1.82, 2.24) is 15.3 Å². The number of carbonyl (C=O) groups excluding carboxylic acids is 1. The molecule has 0 spiro atoms. The van der Waals surface area contributed by atoms with Crippen LogP contribution in [0.5, 0.6) is 11.5 Å². The summed E-state index contributed by atoms with van der Waals surface area (Å²) in [6.45, 7) is 0.527. The Hall–Kier alpha value is -2.87. The molecule has 1 heterocycles. The quantitative estimate of drug-likeness (QED) is 0.465. The molecule has 1 amide bonds. The molecule has 0 unspecified atom stereocenters. The van der Waals surface area contributed by atoms with E-state index in [2.05, 4.69) is 15.3 Å². The van der Waals surface area contributed by atoms with Crippen LogP contribution in [0.2, 0.25) is 0 Å². The lowest BCUT2D eigenvalue weighted by Crippen LogP contribution is -2.28. The predicted octanol–water partition coefficient (Wildman–Crippen LogP) is 3.18. The summed E-state index contributed by atoms with van der Waals surface area (Å²) < 4.78 is 24.7. The van der Waals surface area contributed by atoms with E-state index in [1.165, 1.54) is 12.1 Å². The number of imidazole rings is 1. The molecule has 0 aliphatic rings. The highest BCUT2D eigenvalue weighted by Gasteiger charge is 2.13. The second kappa shape index (κ2) is 7.35. The van der Waals surface area contributed by atoms with E-state index in [4.69, 9.17) is 21.7 Å². The topological polar surface area (TPSA) is 79.1 Å². The zero-order valence-electron chi connectivity index (χ0n) is 13.4. The minimum absolute atomic E-state index is 0.184. The number of methoxy groups -OCH3 is 1. The molecule has 0 aliphatic heterocycles. The van der Waals surface area contributed by atoms with Gasteiger partial charge >= 0.3 is 0 Å². The molecule has 3 N–H and O–H groups in total. The summed E-state index contributed by atoms with van der Waals surface area (Å²) in [6, 6.07) is 9.61. The Bertz CT molecular complexity index is 967. The SMILES string of the molecule is COc1cccc(OCCNC(=O)c2cc(F)cc3[nH]c(=S)[nH]c23)c1. The number of fused-ring (bicyclic) bond motifs is 1. The number of H-pyrrole nitrogens is 2. The third-order valence-electron chi connectivity index (χ3n) is 3.53. The molecule has 130 valence electrons. The van der Waals surface area contributed by atoms with E-state index in [1.54, 1.807) is 19.2 Å². The maximum Gasteiger partial charge on any atom is 0.253 e. The van der Waals surface area contributed by atoms with Gasteiger partial charge in [-0.15, -0.1) is 0 Å². The zero-order chi connectivity index (χ0) is 17.8. The first-order chi connectivity index (χ1) is 12.1. The van der Waals surface area contributed by atoms with Gasteiger partial charge in [0.05, 0.1) is 30.3 Å². The molecule has 0 radical (unpaired) electrons. The van der Waals surface area contributed by atoms with Gasteiger partial charge in [-0.05, 0) is 36.5 Å². The van der Waals surface area contributed by atoms with Gasteiger partial charge in [-0.2, -0.15) is 0 Å². The minimum atomic E-state index is -0.518. The number of benzene rings is 2. The van der Waals surface area contributed by atoms with E-state index < -0.39 is 11.7 Å². The molecule has 3 aromatic rings. The van der Waals surface area contributed by atoms with Gasteiger partial charge in [0, 0.05) is 6.07 Å². The Morgan fingerprint density at radius 3 is 2.84 bits per heavy atom. The fourth-order valence-corrected chi connectivity index (χ4v) is 2.62. The molecule has 0 fully saturated rings. The van der Waals surface area contributed by atoms with E-state index in [9.17, 15) is 9.18 Å². The smallest absolute Gasteiger partial charge is 0.253 e. The van der Waals surface area contributed by atoms with Crippen molar-refractivity contribution in [2.24, 2.45) is 0 Å². The second-order valence-corrected chi connectivity index (χ2v) is 5.65. The Kier molecular flexibility index (Phi) is 4.99. The third-order valence-corrected chi connectivity index (χ3v) is 3.74. The summed E-state index contributed by atoms with van der Waals surface area (Å²) in [6.07, 6.45) is 0. The van der Waals surface area contributed by atoms with Crippen LogP contribution in [0.25, 0.3) is 11.0 Å². The molecule has 2 aromatic carbocycles. The first-order valence-corrected chi connectivity index (χ1v) is 7.94. The number of hydrogen-bond donors (Lipinski definition) is 3. The molecule has 0 bridgehead atoms. The lowest BCUT2D eigenvalue weighted by atomic mass is 10.1. The monoisotopic (exact) mass is 361 g/mol. The first-order valence-electron chi connectivity index (χ1n) is 7.53. The third kappa shape index (κ3) is 3.97. The van der Waals surface area contributed by atoms with Gasteiger partial charge in [0.25, 0.3) is 5.91 Å². The number of nitrogens with one attached hydrogen (secondary N) is 3. The van der Waals surface area contributed by atoms with Crippen LogP contribution in [-0.2, 0) is 0 Å². The van der Waals surface area contributed by atoms with Crippen LogP contribution in [-0.4, -0.2) is 36.1 Å². The number of aromatic amines is 2. The number of hydrogen-bond acceptors (Lipinski definition) is 4. The summed E-state index contributed by atoms with van der Waals surface area (Å²) in [4.78, 5) is 18.0. The van der Waals surface area contributed by atoms with Gasteiger partial charge in [-0.25, -0.2) is 4.39 Å². The fraction of sp³-hybridized carbons (Fsp3) is 0.176. The molecule has 0 saturated heterocycles.